The molecule has 0 heterocycles. The zero-order chi connectivity index (χ0) is 2.71. The standard InChI is InChI=1S/C2H6O.Cu/c1-3-2;/h1-2H3;. The summed E-state index contributed by atoms with van der Waals surface area (Å²) in [6, 6.07) is 0. The van der Waals surface area contributed by atoms with Crippen molar-refractivity contribution < 1.29 is 21.8 Å². The van der Waals surface area contributed by atoms with Gasteiger partial charge in [-0.3, -0.25) is 0 Å². The molecule has 0 rings (SSSR count). The zero-order valence-corrected chi connectivity index (χ0v) is 3.65. The van der Waals surface area contributed by atoms with E-state index in [9.17, 15) is 0 Å². The van der Waals surface area contributed by atoms with Crippen LogP contribution in [0.3, 0.4) is 0 Å². The minimum Gasteiger partial charge on any atom is -0.388 e. The maximum absolute atomic E-state index is 4.25. The fourth-order valence-corrected chi connectivity index (χ4v) is 0. The van der Waals surface area contributed by atoms with E-state index in [4.69, 9.17) is 0 Å². The molecule has 0 aliphatic rings. The molecule has 0 spiro atoms. The second-order valence-corrected chi connectivity index (χ2v) is 0.408. The van der Waals surface area contributed by atoms with Crippen LogP contribution in [0.4, 0.5) is 0 Å². The predicted molar refractivity (Wildman–Crippen MR) is 12.9 cm³/mol. The Morgan fingerprint density at radius 2 is 1.25 bits per heavy atom. The van der Waals surface area contributed by atoms with Crippen molar-refractivity contribution in [1.82, 2.24) is 0 Å². The Balaban J connectivity index is 0. The molecule has 0 atom stereocenters. The van der Waals surface area contributed by atoms with Crippen LogP contribution in [0.25, 0.3) is 0 Å². The summed E-state index contributed by atoms with van der Waals surface area (Å²) in [5.41, 5.74) is 0. The number of hydrogen-bond donors (Lipinski definition) is 0. The summed E-state index contributed by atoms with van der Waals surface area (Å²) in [6.07, 6.45) is 0. The molecule has 0 bridgehead atoms. The molecule has 4 heavy (non-hydrogen) atoms. The molecule has 0 unspecified atom stereocenters. The molecule has 0 saturated carbocycles. The van der Waals surface area contributed by atoms with E-state index < -0.39 is 0 Å². The second kappa shape index (κ2) is 9.77. The number of methoxy groups -OCH3 is 1. The molecule has 0 saturated heterocycles. The molecule has 1 nitrogen and oxygen atoms in total. The third kappa shape index (κ3) is 23.6. The van der Waals surface area contributed by atoms with Crippen LogP contribution in [-0.2, 0) is 21.8 Å². The smallest absolute Gasteiger partial charge is 0.0351 e. The Labute approximate surface area is 36.8 Å². The summed E-state index contributed by atoms with van der Waals surface area (Å²) in [5.74, 6) is 0. The maximum atomic E-state index is 4.25. The summed E-state index contributed by atoms with van der Waals surface area (Å²) in [5, 5.41) is 0. The van der Waals surface area contributed by atoms with E-state index in [-0.39, 0.29) is 17.1 Å². The molecule has 0 aromatic rings. The van der Waals surface area contributed by atoms with Gasteiger partial charge >= 0.3 is 0 Å². The van der Waals surface area contributed by atoms with E-state index in [0.717, 1.165) is 0 Å². The van der Waals surface area contributed by atoms with Gasteiger partial charge in [0, 0.05) is 31.3 Å². The van der Waals surface area contributed by atoms with Crippen LogP contribution in [0.2, 0.25) is 0 Å². The molecule has 0 N–H and O–H groups in total. The fraction of sp³-hybridized carbons (Fsp3) is 1.00. The van der Waals surface area contributed by atoms with Crippen molar-refractivity contribution in [2.75, 3.05) is 14.2 Å². The molecule has 0 amide bonds. The van der Waals surface area contributed by atoms with Crippen LogP contribution in [-0.4, -0.2) is 14.2 Å². The maximum Gasteiger partial charge on any atom is 0.0351 e. The van der Waals surface area contributed by atoms with E-state index in [2.05, 4.69) is 4.74 Å². The summed E-state index contributed by atoms with van der Waals surface area (Å²) >= 11 is 0. The molecule has 0 aliphatic carbocycles. The normalized spacial score (nSPS) is 4.50. The SMILES string of the molecule is COC.[Cu]. The van der Waals surface area contributed by atoms with Gasteiger partial charge in [0.25, 0.3) is 0 Å². The van der Waals surface area contributed by atoms with Gasteiger partial charge in [-0.2, -0.15) is 0 Å². The molecule has 0 aromatic carbocycles. The Morgan fingerprint density at radius 1 is 1.25 bits per heavy atom. The number of ether oxygens (including phenoxy) is 1. The van der Waals surface area contributed by atoms with Gasteiger partial charge in [0.2, 0.25) is 0 Å². The Bertz CT molecular complexity index is 6.00. The van der Waals surface area contributed by atoms with Gasteiger partial charge in [-0.15, -0.1) is 0 Å². The van der Waals surface area contributed by atoms with Crippen LogP contribution in [0, 0.1) is 0 Å². The van der Waals surface area contributed by atoms with Crippen molar-refractivity contribution in [3.05, 3.63) is 0 Å². The van der Waals surface area contributed by atoms with Gasteiger partial charge in [0.1, 0.15) is 0 Å². The van der Waals surface area contributed by atoms with Crippen molar-refractivity contribution in [2.24, 2.45) is 0 Å². The first-order valence-corrected chi connectivity index (χ1v) is 0.816. The molecule has 0 fully saturated rings. The molecular weight excluding hydrogens is 104 g/mol. The third-order valence-corrected chi connectivity index (χ3v) is 0. The third-order valence-electron chi connectivity index (χ3n) is 0. The molecule has 0 aliphatic heterocycles. The minimum absolute atomic E-state index is 0. The number of hydrogen-bond acceptors (Lipinski definition) is 1. The molecule has 31 valence electrons. The van der Waals surface area contributed by atoms with Crippen LogP contribution in [0.15, 0.2) is 0 Å². The minimum atomic E-state index is 0. The van der Waals surface area contributed by atoms with Crippen LogP contribution < -0.4 is 0 Å². The Morgan fingerprint density at radius 3 is 1.25 bits per heavy atom. The van der Waals surface area contributed by atoms with Gasteiger partial charge in [-0.25, -0.2) is 0 Å². The van der Waals surface area contributed by atoms with Gasteiger partial charge < -0.3 is 4.74 Å². The summed E-state index contributed by atoms with van der Waals surface area (Å²) in [6.45, 7) is 0. The van der Waals surface area contributed by atoms with E-state index in [1.165, 1.54) is 0 Å². The van der Waals surface area contributed by atoms with Crippen LogP contribution in [0.5, 0.6) is 0 Å². The van der Waals surface area contributed by atoms with E-state index in [1.807, 2.05) is 0 Å². The average molecular weight is 110 g/mol. The quantitative estimate of drug-likeness (QED) is 0.406. The predicted octanol–water partition coefficient (Wildman–Crippen LogP) is 0.260. The summed E-state index contributed by atoms with van der Waals surface area (Å²) < 4.78 is 4.25. The monoisotopic (exact) mass is 109 g/mol. The van der Waals surface area contributed by atoms with Gasteiger partial charge in [0.05, 0.1) is 0 Å². The van der Waals surface area contributed by atoms with E-state index in [0.29, 0.717) is 0 Å². The second-order valence-electron chi connectivity index (χ2n) is 0.408. The zero-order valence-electron chi connectivity index (χ0n) is 2.71. The van der Waals surface area contributed by atoms with Crippen molar-refractivity contribution in [3.63, 3.8) is 0 Å². The molecular formula is C2H6CuO. The van der Waals surface area contributed by atoms with Crippen molar-refractivity contribution in [2.45, 2.75) is 0 Å². The molecule has 2 heteroatoms. The first-order chi connectivity index (χ1) is 1.41. The fourth-order valence-electron chi connectivity index (χ4n) is 0. The van der Waals surface area contributed by atoms with Gasteiger partial charge in [0.15, 0.2) is 0 Å². The Hall–Kier alpha value is 0.479. The first kappa shape index (κ1) is 8.82. The largest absolute Gasteiger partial charge is 0.388 e. The van der Waals surface area contributed by atoms with Crippen LogP contribution >= 0.6 is 0 Å². The summed E-state index contributed by atoms with van der Waals surface area (Å²) in [7, 11) is 3.25. The molecule has 0 aromatic heterocycles. The van der Waals surface area contributed by atoms with Gasteiger partial charge in [-0.05, 0) is 0 Å². The average Bonchev–Trinajstić information content (AvgIpc) is 0.918. The molecule has 1 radical (unpaired) electrons. The summed E-state index contributed by atoms with van der Waals surface area (Å²) in [4.78, 5) is 0. The first-order valence-electron chi connectivity index (χ1n) is 0.816. The van der Waals surface area contributed by atoms with E-state index in [1.54, 1.807) is 14.2 Å². The van der Waals surface area contributed by atoms with Gasteiger partial charge in [-0.1, -0.05) is 0 Å². The number of rotatable bonds is 0. The van der Waals surface area contributed by atoms with Crippen molar-refractivity contribution >= 4 is 0 Å². The van der Waals surface area contributed by atoms with Crippen molar-refractivity contribution in [3.8, 4) is 0 Å². The topological polar surface area (TPSA) is 9.23 Å². The van der Waals surface area contributed by atoms with Crippen LogP contribution in [0.1, 0.15) is 0 Å². The van der Waals surface area contributed by atoms with E-state index >= 15 is 0 Å². The van der Waals surface area contributed by atoms with Crippen molar-refractivity contribution in [1.29, 1.82) is 0 Å². The Kier molecular flexibility index (Phi) is 21.6.